The van der Waals surface area contributed by atoms with Gasteiger partial charge in [-0.1, -0.05) is 0 Å². The lowest BCUT2D eigenvalue weighted by Gasteiger charge is -1.90. The molecular weight excluding hydrogens is 210 g/mol. The van der Waals surface area contributed by atoms with Gasteiger partial charge in [0, 0.05) is 12.3 Å². The molecule has 0 atom stereocenters. The lowest BCUT2D eigenvalue weighted by Crippen LogP contribution is -2.11. The van der Waals surface area contributed by atoms with Gasteiger partial charge in [-0.15, -0.1) is 0 Å². The molecule has 2 heterocycles. The highest BCUT2D eigenvalue weighted by Crippen LogP contribution is 2.06. The zero-order chi connectivity index (χ0) is 7.84. The maximum absolute atomic E-state index is 11.1. The topological polar surface area (TPSA) is 50.2 Å². The van der Waals surface area contributed by atoms with E-state index in [0.717, 1.165) is 0 Å². The SMILES string of the molecule is O=c1cc[nH]c2ncc(Br)n12. The van der Waals surface area contributed by atoms with Crippen LogP contribution in [0.2, 0.25) is 0 Å². The summed E-state index contributed by atoms with van der Waals surface area (Å²) in [6.45, 7) is 0. The summed E-state index contributed by atoms with van der Waals surface area (Å²) < 4.78 is 2.11. The average Bonchev–Trinajstić information content (AvgIpc) is 2.34. The van der Waals surface area contributed by atoms with Crippen LogP contribution in [0.4, 0.5) is 0 Å². The number of aromatic amines is 1. The van der Waals surface area contributed by atoms with Crippen LogP contribution in [0, 0.1) is 0 Å². The fraction of sp³-hybridized carbons (Fsp3) is 0. The monoisotopic (exact) mass is 213 g/mol. The predicted octanol–water partition coefficient (Wildman–Crippen LogP) is 0.785. The van der Waals surface area contributed by atoms with Crippen LogP contribution in [0.15, 0.2) is 27.9 Å². The van der Waals surface area contributed by atoms with Crippen molar-refractivity contribution >= 4 is 21.7 Å². The van der Waals surface area contributed by atoms with E-state index in [1.807, 2.05) is 0 Å². The van der Waals surface area contributed by atoms with Crippen molar-refractivity contribution in [3.8, 4) is 0 Å². The first-order chi connectivity index (χ1) is 5.29. The summed E-state index contributed by atoms with van der Waals surface area (Å²) in [5.74, 6) is 0.546. The highest BCUT2D eigenvalue weighted by molar-refractivity contribution is 9.10. The molecule has 0 radical (unpaired) electrons. The molecule has 2 aromatic heterocycles. The summed E-state index contributed by atoms with van der Waals surface area (Å²) >= 11 is 3.20. The molecule has 4 nitrogen and oxygen atoms in total. The van der Waals surface area contributed by atoms with E-state index in [9.17, 15) is 4.79 Å². The molecule has 0 fully saturated rings. The van der Waals surface area contributed by atoms with Crippen LogP contribution < -0.4 is 5.56 Å². The van der Waals surface area contributed by atoms with E-state index in [1.54, 1.807) is 12.4 Å². The summed E-state index contributed by atoms with van der Waals surface area (Å²) in [5, 5.41) is 0. The third-order valence-electron chi connectivity index (χ3n) is 1.38. The summed E-state index contributed by atoms with van der Waals surface area (Å²) in [7, 11) is 0. The minimum absolute atomic E-state index is 0.0943. The number of halogens is 1. The van der Waals surface area contributed by atoms with Crippen molar-refractivity contribution in [2.24, 2.45) is 0 Å². The van der Waals surface area contributed by atoms with E-state index in [4.69, 9.17) is 0 Å². The fourth-order valence-corrected chi connectivity index (χ4v) is 1.35. The van der Waals surface area contributed by atoms with E-state index in [-0.39, 0.29) is 5.56 Å². The number of H-pyrrole nitrogens is 1. The van der Waals surface area contributed by atoms with E-state index in [0.29, 0.717) is 10.4 Å². The maximum atomic E-state index is 11.1. The Morgan fingerprint density at radius 3 is 3.18 bits per heavy atom. The zero-order valence-electron chi connectivity index (χ0n) is 5.41. The molecule has 1 N–H and O–H groups in total. The second-order valence-electron chi connectivity index (χ2n) is 2.06. The van der Waals surface area contributed by atoms with Crippen LogP contribution in [0.5, 0.6) is 0 Å². The van der Waals surface area contributed by atoms with Crippen LogP contribution >= 0.6 is 15.9 Å². The summed E-state index contributed by atoms with van der Waals surface area (Å²) in [5.41, 5.74) is -0.0943. The normalized spacial score (nSPS) is 10.6. The summed E-state index contributed by atoms with van der Waals surface area (Å²) in [6, 6.07) is 1.44. The van der Waals surface area contributed by atoms with Crippen molar-refractivity contribution < 1.29 is 0 Å². The van der Waals surface area contributed by atoms with Crippen LogP contribution in [0.25, 0.3) is 5.78 Å². The molecule has 0 saturated heterocycles. The summed E-state index contributed by atoms with van der Waals surface area (Å²) in [4.78, 5) is 17.9. The molecule has 2 rings (SSSR count). The Morgan fingerprint density at radius 2 is 2.45 bits per heavy atom. The molecule has 0 aliphatic carbocycles. The predicted molar refractivity (Wildman–Crippen MR) is 43.5 cm³/mol. The van der Waals surface area contributed by atoms with Gasteiger partial charge in [-0.3, -0.25) is 4.79 Å². The summed E-state index contributed by atoms with van der Waals surface area (Å²) in [6.07, 6.45) is 3.14. The fourth-order valence-electron chi connectivity index (χ4n) is 0.905. The Morgan fingerprint density at radius 1 is 1.64 bits per heavy atom. The molecule has 5 heteroatoms. The standard InChI is InChI=1S/C6H4BrN3O/c7-4-3-9-6-8-2-1-5(11)10(4)6/h1-3H,(H,8,9). The van der Waals surface area contributed by atoms with Crippen LogP contribution in [-0.4, -0.2) is 14.4 Å². The number of hydrogen-bond donors (Lipinski definition) is 1. The van der Waals surface area contributed by atoms with Crippen molar-refractivity contribution in [3.05, 3.63) is 33.4 Å². The molecule has 0 spiro atoms. The van der Waals surface area contributed by atoms with Crippen LogP contribution in [0.1, 0.15) is 0 Å². The number of imidazole rings is 1. The van der Waals surface area contributed by atoms with Gasteiger partial charge in [-0.05, 0) is 15.9 Å². The first-order valence-corrected chi connectivity index (χ1v) is 3.79. The largest absolute Gasteiger partial charge is 0.332 e. The van der Waals surface area contributed by atoms with Crippen molar-refractivity contribution in [2.75, 3.05) is 0 Å². The molecule has 0 aromatic carbocycles. The van der Waals surface area contributed by atoms with Gasteiger partial charge in [-0.25, -0.2) is 9.38 Å². The van der Waals surface area contributed by atoms with Crippen molar-refractivity contribution in [1.82, 2.24) is 14.4 Å². The molecule has 2 aromatic rings. The minimum Gasteiger partial charge on any atom is -0.332 e. The quantitative estimate of drug-likeness (QED) is 0.704. The molecule has 0 amide bonds. The number of nitrogens with zero attached hydrogens (tertiary/aromatic N) is 2. The van der Waals surface area contributed by atoms with Gasteiger partial charge >= 0.3 is 0 Å². The lowest BCUT2D eigenvalue weighted by atomic mass is 10.6. The molecule has 0 saturated carbocycles. The van der Waals surface area contributed by atoms with E-state index < -0.39 is 0 Å². The van der Waals surface area contributed by atoms with E-state index in [2.05, 4.69) is 25.9 Å². The second kappa shape index (κ2) is 2.20. The number of fused-ring (bicyclic) bond motifs is 1. The van der Waals surface area contributed by atoms with E-state index in [1.165, 1.54) is 10.5 Å². The number of hydrogen-bond acceptors (Lipinski definition) is 2. The first-order valence-electron chi connectivity index (χ1n) is 3.00. The first kappa shape index (κ1) is 6.60. The molecule has 0 aliphatic heterocycles. The van der Waals surface area contributed by atoms with Gasteiger partial charge in [0.05, 0.1) is 6.20 Å². The Labute approximate surface area is 70.0 Å². The third kappa shape index (κ3) is 0.883. The van der Waals surface area contributed by atoms with Gasteiger partial charge < -0.3 is 4.98 Å². The zero-order valence-corrected chi connectivity index (χ0v) is 7.00. The molecular formula is C6H4BrN3O. The Bertz CT molecular complexity index is 444. The smallest absolute Gasteiger partial charge is 0.259 e. The van der Waals surface area contributed by atoms with Crippen LogP contribution in [-0.2, 0) is 0 Å². The van der Waals surface area contributed by atoms with Gasteiger partial charge in [0.2, 0.25) is 5.78 Å². The van der Waals surface area contributed by atoms with Crippen molar-refractivity contribution in [3.63, 3.8) is 0 Å². The van der Waals surface area contributed by atoms with Crippen molar-refractivity contribution in [1.29, 1.82) is 0 Å². The molecule has 0 unspecified atom stereocenters. The highest BCUT2D eigenvalue weighted by atomic mass is 79.9. The lowest BCUT2D eigenvalue weighted by molar-refractivity contribution is 1.03. The molecule has 11 heavy (non-hydrogen) atoms. The third-order valence-corrected chi connectivity index (χ3v) is 1.94. The van der Waals surface area contributed by atoms with Gasteiger partial charge in [0.1, 0.15) is 4.60 Å². The Hall–Kier alpha value is -1.10. The maximum Gasteiger partial charge on any atom is 0.259 e. The Balaban J connectivity index is 3.08. The second-order valence-corrected chi connectivity index (χ2v) is 2.87. The average molecular weight is 214 g/mol. The molecule has 56 valence electrons. The number of rotatable bonds is 0. The Kier molecular flexibility index (Phi) is 1.32. The number of aromatic nitrogens is 3. The highest BCUT2D eigenvalue weighted by Gasteiger charge is 2.00. The van der Waals surface area contributed by atoms with Gasteiger partial charge in [0.25, 0.3) is 5.56 Å². The van der Waals surface area contributed by atoms with E-state index >= 15 is 0 Å². The minimum atomic E-state index is -0.0943. The van der Waals surface area contributed by atoms with Crippen LogP contribution in [0.3, 0.4) is 0 Å². The van der Waals surface area contributed by atoms with Crippen molar-refractivity contribution in [2.45, 2.75) is 0 Å². The van der Waals surface area contributed by atoms with Gasteiger partial charge in [0.15, 0.2) is 0 Å². The molecule has 0 aliphatic rings. The molecule has 0 bridgehead atoms. The van der Waals surface area contributed by atoms with Gasteiger partial charge in [-0.2, -0.15) is 0 Å². The number of nitrogens with one attached hydrogen (secondary N) is 1.